The molecule has 6 nitrogen and oxygen atoms in total. The molecule has 0 fully saturated rings. The van der Waals surface area contributed by atoms with Crippen molar-refractivity contribution in [3.63, 3.8) is 0 Å². The highest BCUT2D eigenvalue weighted by Crippen LogP contribution is 2.43. The van der Waals surface area contributed by atoms with Gasteiger partial charge in [0.05, 0.1) is 23.1 Å². The molecule has 2 aliphatic rings. The maximum Gasteiger partial charge on any atom is 0.336 e. The molecule has 0 saturated heterocycles. The first kappa shape index (κ1) is 20.9. The number of hydrogen-bond donors (Lipinski definition) is 1. The van der Waals surface area contributed by atoms with Gasteiger partial charge < -0.3 is 14.5 Å². The number of ether oxygens (including phenoxy) is 1. The van der Waals surface area contributed by atoms with Crippen LogP contribution in [0.2, 0.25) is 0 Å². The van der Waals surface area contributed by atoms with Crippen LogP contribution in [0.25, 0.3) is 11.0 Å². The quantitative estimate of drug-likeness (QED) is 0.606. The van der Waals surface area contributed by atoms with Crippen LogP contribution in [0, 0.1) is 5.92 Å². The topological polar surface area (TPSA) is 85.6 Å². The molecular formula is C27H23NO5. The monoisotopic (exact) mass is 441 g/mol. The number of carbonyl (C=O) groups is 2. The fraction of sp³-hybridized carbons (Fsp3) is 0.222. The number of para-hydroxylation sites is 1. The molecule has 5 rings (SSSR count). The lowest BCUT2D eigenvalue weighted by Gasteiger charge is -2.37. The molecule has 1 N–H and O–H groups in total. The van der Waals surface area contributed by atoms with E-state index in [1.807, 2.05) is 36.4 Å². The zero-order valence-electron chi connectivity index (χ0n) is 18.2. The third-order valence-electron chi connectivity index (χ3n) is 6.29. The van der Waals surface area contributed by atoms with Crippen LogP contribution < -0.4 is 10.7 Å². The molecule has 6 heteroatoms. The number of rotatable bonds is 4. The Kier molecular flexibility index (Phi) is 5.42. The van der Waals surface area contributed by atoms with Gasteiger partial charge in [0.2, 0.25) is 0 Å². The Balaban J connectivity index is 1.61. The van der Waals surface area contributed by atoms with Gasteiger partial charge in [-0.3, -0.25) is 9.59 Å². The molecule has 1 aliphatic heterocycles. The van der Waals surface area contributed by atoms with E-state index in [0.717, 1.165) is 11.3 Å². The predicted molar refractivity (Wildman–Crippen MR) is 123 cm³/mol. The van der Waals surface area contributed by atoms with E-state index < -0.39 is 17.8 Å². The number of nitrogens with one attached hydrogen (secondary N) is 1. The number of fused-ring (bicyclic) bond motifs is 2. The van der Waals surface area contributed by atoms with Crippen molar-refractivity contribution < 1.29 is 18.7 Å². The smallest absolute Gasteiger partial charge is 0.336 e. The van der Waals surface area contributed by atoms with Crippen molar-refractivity contribution in [1.82, 2.24) is 5.32 Å². The first-order valence-corrected chi connectivity index (χ1v) is 11.0. The highest BCUT2D eigenvalue weighted by molar-refractivity contribution is 5.96. The summed E-state index contributed by atoms with van der Waals surface area (Å²) in [6.45, 7) is 1.86. The van der Waals surface area contributed by atoms with E-state index in [0.29, 0.717) is 29.5 Å². The number of carbonyl (C=O) groups excluding carboxylic acids is 2. The molecular weight excluding hydrogens is 418 g/mol. The van der Waals surface area contributed by atoms with Crippen LogP contribution in [-0.2, 0) is 20.9 Å². The molecule has 3 aromatic rings. The first-order valence-electron chi connectivity index (χ1n) is 11.0. The second-order valence-electron chi connectivity index (χ2n) is 8.36. The van der Waals surface area contributed by atoms with E-state index in [2.05, 4.69) is 5.32 Å². The van der Waals surface area contributed by atoms with Crippen molar-refractivity contribution in [3.8, 4) is 0 Å². The molecule has 0 bridgehead atoms. The lowest BCUT2D eigenvalue weighted by molar-refractivity contribution is -0.141. The SMILES string of the molecule is CC1=C(C(=O)OCc2ccccc2)C(c2coc3ccccc3c2=O)C2C(=O)CCC=C2N1. The molecule has 1 aromatic heterocycles. The Bertz CT molecular complexity index is 1370. The van der Waals surface area contributed by atoms with Crippen molar-refractivity contribution in [3.05, 3.63) is 105 Å². The summed E-state index contributed by atoms with van der Waals surface area (Å²) >= 11 is 0. The summed E-state index contributed by atoms with van der Waals surface area (Å²) in [5.74, 6) is -2.02. The number of Topliss-reactive ketones (excluding diaryl/α,β-unsaturated/α-hetero) is 1. The van der Waals surface area contributed by atoms with Crippen molar-refractivity contribution in [2.24, 2.45) is 5.92 Å². The Hall–Kier alpha value is -3.93. The Morgan fingerprint density at radius 1 is 1.06 bits per heavy atom. The van der Waals surface area contributed by atoms with E-state index in [-0.39, 0.29) is 29.0 Å². The van der Waals surface area contributed by atoms with Gasteiger partial charge in [0.15, 0.2) is 5.43 Å². The fourth-order valence-corrected chi connectivity index (χ4v) is 4.73. The van der Waals surface area contributed by atoms with Gasteiger partial charge in [-0.1, -0.05) is 48.5 Å². The third kappa shape index (κ3) is 3.78. The molecule has 1 aliphatic carbocycles. The van der Waals surface area contributed by atoms with Crippen molar-refractivity contribution in [2.45, 2.75) is 32.3 Å². The van der Waals surface area contributed by atoms with Crippen molar-refractivity contribution >= 4 is 22.7 Å². The predicted octanol–water partition coefficient (Wildman–Crippen LogP) is 4.36. The van der Waals surface area contributed by atoms with Gasteiger partial charge in [0, 0.05) is 29.3 Å². The zero-order chi connectivity index (χ0) is 22.9. The van der Waals surface area contributed by atoms with Gasteiger partial charge in [0.1, 0.15) is 18.0 Å². The summed E-state index contributed by atoms with van der Waals surface area (Å²) in [6, 6.07) is 16.3. The number of allylic oxidation sites excluding steroid dienone is 3. The molecule has 166 valence electrons. The zero-order valence-corrected chi connectivity index (χ0v) is 18.2. The molecule has 0 amide bonds. The second kappa shape index (κ2) is 8.54. The van der Waals surface area contributed by atoms with Crippen LogP contribution in [0.5, 0.6) is 0 Å². The average Bonchev–Trinajstić information content (AvgIpc) is 2.83. The molecule has 0 radical (unpaired) electrons. The lowest BCUT2D eigenvalue weighted by Crippen LogP contribution is -2.42. The normalized spacial score (nSPS) is 20.2. The number of ketones is 1. The van der Waals surface area contributed by atoms with E-state index in [1.165, 1.54) is 6.26 Å². The van der Waals surface area contributed by atoms with Crippen LogP contribution in [0.15, 0.2) is 93.1 Å². The molecule has 2 atom stereocenters. The van der Waals surface area contributed by atoms with Gasteiger partial charge in [-0.2, -0.15) is 0 Å². The van der Waals surface area contributed by atoms with Crippen molar-refractivity contribution in [2.75, 3.05) is 0 Å². The lowest BCUT2D eigenvalue weighted by atomic mass is 9.71. The van der Waals surface area contributed by atoms with E-state index in [1.54, 1.807) is 31.2 Å². The summed E-state index contributed by atoms with van der Waals surface area (Å²) < 4.78 is 11.4. The van der Waals surface area contributed by atoms with Crippen LogP contribution in [0.3, 0.4) is 0 Å². The van der Waals surface area contributed by atoms with E-state index >= 15 is 0 Å². The standard InChI is InChI=1S/C27H23NO5/c1-16-23(27(31)33-14-17-8-3-2-4-9-17)24(25-20(28-16)11-7-12-21(25)29)19-15-32-22-13-6-5-10-18(22)26(19)30/h2-6,8-11,13,15,24-25,28H,7,12,14H2,1H3. The van der Waals surface area contributed by atoms with E-state index in [9.17, 15) is 14.4 Å². The van der Waals surface area contributed by atoms with Crippen molar-refractivity contribution in [1.29, 1.82) is 0 Å². The minimum Gasteiger partial charge on any atom is -0.464 e. The summed E-state index contributed by atoms with van der Waals surface area (Å²) in [7, 11) is 0. The van der Waals surface area contributed by atoms with Gasteiger partial charge in [-0.05, 0) is 31.0 Å². The average molecular weight is 441 g/mol. The molecule has 0 spiro atoms. The first-order chi connectivity index (χ1) is 16.0. The Labute approximate surface area is 190 Å². The number of esters is 1. The fourth-order valence-electron chi connectivity index (χ4n) is 4.73. The molecule has 33 heavy (non-hydrogen) atoms. The number of hydrogen-bond acceptors (Lipinski definition) is 6. The van der Waals surface area contributed by atoms with Gasteiger partial charge in [-0.25, -0.2) is 4.79 Å². The van der Waals surface area contributed by atoms with Crippen LogP contribution >= 0.6 is 0 Å². The van der Waals surface area contributed by atoms with Crippen LogP contribution in [-0.4, -0.2) is 11.8 Å². The Morgan fingerprint density at radius 3 is 2.64 bits per heavy atom. The number of benzene rings is 2. The van der Waals surface area contributed by atoms with Crippen LogP contribution in [0.4, 0.5) is 0 Å². The molecule has 2 unspecified atom stereocenters. The van der Waals surface area contributed by atoms with E-state index in [4.69, 9.17) is 9.15 Å². The molecule has 0 saturated carbocycles. The van der Waals surface area contributed by atoms with Gasteiger partial charge in [0.25, 0.3) is 0 Å². The molecule has 2 heterocycles. The third-order valence-corrected chi connectivity index (χ3v) is 6.29. The minimum atomic E-state index is -0.783. The largest absolute Gasteiger partial charge is 0.464 e. The molecule has 2 aromatic carbocycles. The highest BCUT2D eigenvalue weighted by atomic mass is 16.5. The van der Waals surface area contributed by atoms with Crippen LogP contribution in [0.1, 0.15) is 36.8 Å². The second-order valence-corrected chi connectivity index (χ2v) is 8.36. The Morgan fingerprint density at radius 2 is 1.82 bits per heavy atom. The minimum absolute atomic E-state index is 0.0154. The maximum absolute atomic E-state index is 13.5. The summed E-state index contributed by atoms with van der Waals surface area (Å²) in [4.78, 5) is 39.9. The van der Waals surface area contributed by atoms with Gasteiger partial charge >= 0.3 is 5.97 Å². The summed E-state index contributed by atoms with van der Waals surface area (Å²) in [6.07, 6.45) is 4.34. The summed E-state index contributed by atoms with van der Waals surface area (Å²) in [5.41, 5.74) is 2.92. The maximum atomic E-state index is 13.5. The summed E-state index contributed by atoms with van der Waals surface area (Å²) in [5, 5.41) is 3.63. The van der Waals surface area contributed by atoms with Gasteiger partial charge in [-0.15, -0.1) is 0 Å². The highest BCUT2D eigenvalue weighted by Gasteiger charge is 2.44.